The summed E-state index contributed by atoms with van der Waals surface area (Å²) >= 11 is -2.71. The van der Waals surface area contributed by atoms with Crippen LogP contribution < -0.4 is 15.0 Å². The lowest BCUT2D eigenvalue weighted by atomic mass is 10.1. The highest BCUT2D eigenvalue weighted by Gasteiger charge is 2.35. The van der Waals surface area contributed by atoms with Gasteiger partial charge in [-0.1, -0.05) is 39.5 Å². The molecule has 0 saturated carbocycles. The maximum atomic E-state index is 12.6. The quantitative estimate of drug-likeness (QED) is 0.227. The average Bonchev–Trinajstić information content (AvgIpc) is 2.96. The first-order chi connectivity index (χ1) is 20.0. The van der Waals surface area contributed by atoms with Gasteiger partial charge >= 0.3 is 5.97 Å². The first-order valence-electron chi connectivity index (χ1n) is 13.7. The summed E-state index contributed by atoms with van der Waals surface area (Å²) in [6.45, 7) is 9.47. The topological polar surface area (TPSA) is 149 Å². The SMILES string of the molecule is CC(C)COc1ccc(C#Cc2ccc(N3CCN(N(C(C(=O)O)C(C)C)S(=O)[O-])CC3)cc2)cc1C(=O)NCC#N. The molecule has 1 heterocycles. The third-order valence-electron chi connectivity index (χ3n) is 6.52. The smallest absolute Gasteiger partial charge is 0.323 e. The van der Waals surface area contributed by atoms with Gasteiger partial charge < -0.3 is 24.6 Å². The number of benzene rings is 2. The summed E-state index contributed by atoms with van der Waals surface area (Å²) in [7, 11) is 0. The normalized spacial score (nSPS) is 15.1. The third kappa shape index (κ3) is 8.78. The number of rotatable bonds is 11. The van der Waals surface area contributed by atoms with Crippen molar-refractivity contribution >= 4 is 28.8 Å². The molecular weight excluding hydrogens is 558 g/mol. The molecule has 12 heteroatoms. The minimum atomic E-state index is -2.71. The minimum absolute atomic E-state index is 0.114. The molecule has 1 amide bonds. The van der Waals surface area contributed by atoms with Crippen molar-refractivity contribution in [2.24, 2.45) is 11.8 Å². The Morgan fingerprint density at radius 3 is 2.24 bits per heavy atom. The predicted molar refractivity (Wildman–Crippen MR) is 158 cm³/mol. The van der Waals surface area contributed by atoms with Crippen molar-refractivity contribution in [2.45, 2.75) is 33.7 Å². The second kappa shape index (κ2) is 15.3. The summed E-state index contributed by atoms with van der Waals surface area (Å²) in [5.41, 5.74) is 2.64. The number of hydrogen-bond donors (Lipinski definition) is 2. The van der Waals surface area contributed by atoms with Gasteiger partial charge in [-0.2, -0.15) is 9.68 Å². The maximum Gasteiger partial charge on any atom is 0.323 e. The molecule has 224 valence electrons. The molecule has 1 aliphatic rings. The summed E-state index contributed by atoms with van der Waals surface area (Å²) < 4.78 is 30.6. The number of piperazine rings is 1. The zero-order valence-corrected chi connectivity index (χ0v) is 25.0. The zero-order valence-electron chi connectivity index (χ0n) is 24.2. The van der Waals surface area contributed by atoms with Crippen LogP contribution in [0.2, 0.25) is 0 Å². The summed E-state index contributed by atoms with van der Waals surface area (Å²) in [6.07, 6.45) is 0. The molecule has 0 aromatic heterocycles. The van der Waals surface area contributed by atoms with E-state index in [1.54, 1.807) is 37.1 Å². The number of anilines is 1. The van der Waals surface area contributed by atoms with Crippen molar-refractivity contribution in [1.29, 1.82) is 5.26 Å². The molecule has 2 aromatic carbocycles. The molecule has 1 aliphatic heterocycles. The Morgan fingerprint density at radius 1 is 1.07 bits per heavy atom. The van der Waals surface area contributed by atoms with Gasteiger partial charge in [-0.25, -0.2) is 5.01 Å². The van der Waals surface area contributed by atoms with Gasteiger partial charge in [0.1, 0.15) is 18.3 Å². The molecule has 2 aromatic rings. The Hall–Kier alpha value is -3.94. The molecule has 2 atom stereocenters. The number of hydrazine groups is 1. The van der Waals surface area contributed by atoms with Crippen molar-refractivity contribution in [2.75, 3.05) is 44.2 Å². The number of carboxylic acids is 1. The number of carbonyl (C=O) groups excluding carboxylic acids is 1. The van der Waals surface area contributed by atoms with Crippen molar-refractivity contribution in [3.63, 3.8) is 0 Å². The molecule has 2 N–H and O–H groups in total. The fourth-order valence-corrected chi connectivity index (χ4v) is 5.30. The van der Waals surface area contributed by atoms with Crippen LogP contribution >= 0.6 is 0 Å². The van der Waals surface area contributed by atoms with Gasteiger partial charge in [0.2, 0.25) is 0 Å². The first-order valence-corrected chi connectivity index (χ1v) is 14.7. The van der Waals surface area contributed by atoms with Gasteiger partial charge in [0.15, 0.2) is 0 Å². The van der Waals surface area contributed by atoms with Gasteiger partial charge in [0.25, 0.3) is 5.91 Å². The lowest BCUT2D eigenvalue weighted by molar-refractivity contribution is -0.149. The summed E-state index contributed by atoms with van der Waals surface area (Å²) in [5.74, 6) is 4.91. The molecule has 0 bridgehead atoms. The van der Waals surface area contributed by atoms with Crippen LogP contribution in [0.25, 0.3) is 0 Å². The number of carbonyl (C=O) groups is 2. The van der Waals surface area contributed by atoms with Crippen LogP contribution in [0.5, 0.6) is 5.75 Å². The van der Waals surface area contributed by atoms with Gasteiger partial charge in [-0.15, -0.1) is 0 Å². The van der Waals surface area contributed by atoms with Gasteiger partial charge in [-0.05, 0) is 54.3 Å². The van der Waals surface area contributed by atoms with Gasteiger partial charge in [0.05, 0.1) is 18.2 Å². The molecule has 2 unspecified atom stereocenters. The number of nitriles is 1. The van der Waals surface area contributed by atoms with E-state index in [9.17, 15) is 23.5 Å². The van der Waals surface area contributed by atoms with E-state index >= 15 is 0 Å². The second-order valence-electron chi connectivity index (χ2n) is 10.5. The fourth-order valence-electron chi connectivity index (χ4n) is 4.43. The minimum Gasteiger partial charge on any atom is -0.759 e. The lowest BCUT2D eigenvalue weighted by Gasteiger charge is -2.45. The van der Waals surface area contributed by atoms with E-state index in [2.05, 4.69) is 22.1 Å². The largest absolute Gasteiger partial charge is 0.759 e. The number of nitrogens with zero attached hydrogens (tertiary/aromatic N) is 4. The maximum absolute atomic E-state index is 12.6. The lowest BCUT2D eigenvalue weighted by Crippen LogP contribution is -2.60. The zero-order chi connectivity index (χ0) is 30.8. The standard InChI is InChI=1S/C30H37N5O6S/c1-21(2)20-41-27-12-9-24(19-26(27)29(36)32-14-13-31)6-5-23-7-10-25(11-8-23)33-15-17-34(18-16-33)35(42(39)40)28(22(3)4)30(37)38/h7-12,19,21-22,28H,14-18,20H2,1-4H3,(H,32,36)(H,37,38)(H,39,40)/p-1. The highest BCUT2D eigenvalue weighted by atomic mass is 32.2. The van der Waals surface area contributed by atoms with Crippen molar-refractivity contribution in [3.05, 3.63) is 59.2 Å². The van der Waals surface area contributed by atoms with Crippen LogP contribution in [0.15, 0.2) is 42.5 Å². The molecule has 0 spiro atoms. The van der Waals surface area contributed by atoms with Gasteiger partial charge in [0, 0.05) is 54.3 Å². The Bertz CT molecular complexity index is 1370. The number of nitrogens with one attached hydrogen (secondary N) is 1. The Kier molecular flexibility index (Phi) is 11.9. The second-order valence-corrected chi connectivity index (χ2v) is 11.3. The summed E-state index contributed by atoms with van der Waals surface area (Å²) in [4.78, 5) is 26.5. The van der Waals surface area contributed by atoms with Gasteiger partial charge in [-0.3, -0.25) is 13.8 Å². The van der Waals surface area contributed by atoms with E-state index in [4.69, 9.17) is 10.00 Å². The monoisotopic (exact) mass is 594 g/mol. The molecule has 11 nitrogen and oxygen atoms in total. The molecular formula is C30H36N5O6S-. The van der Waals surface area contributed by atoms with Crippen molar-refractivity contribution < 1.29 is 28.2 Å². The highest BCUT2D eigenvalue weighted by molar-refractivity contribution is 7.76. The molecule has 0 radical (unpaired) electrons. The Balaban J connectivity index is 1.69. The summed E-state index contributed by atoms with van der Waals surface area (Å²) in [5, 5.41) is 22.5. The van der Waals surface area contributed by atoms with Crippen LogP contribution in [0.4, 0.5) is 5.69 Å². The van der Waals surface area contributed by atoms with E-state index in [1.165, 1.54) is 0 Å². The van der Waals surface area contributed by atoms with Crippen LogP contribution in [-0.4, -0.2) is 80.5 Å². The Morgan fingerprint density at radius 2 is 1.69 bits per heavy atom. The van der Waals surface area contributed by atoms with E-state index in [0.29, 0.717) is 49.7 Å². The number of ether oxygens (including phenoxy) is 1. The molecule has 42 heavy (non-hydrogen) atoms. The number of amides is 1. The van der Waals surface area contributed by atoms with E-state index in [1.807, 2.05) is 44.2 Å². The molecule has 0 aliphatic carbocycles. The van der Waals surface area contributed by atoms with Crippen LogP contribution in [0.1, 0.15) is 49.2 Å². The third-order valence-corrected chi connectivity index (χ3v) is 7.28. The molecule has 1 fully saturated rings. The van der Waals surface area contributed by atoms with Crippen LogP contribution in [0, 0.1) is 35.0 Å². The predicted octanol–water partition coefficient (Wildman–Crippen LogP) is 2.62. The fraction of sp³-hybridized carbons (Fsp3) is 0.433. The summed E-state index contributed by atoms with van der Waals surface area (Å²) in [6, 6.07) is 13.5. The van der Waals surface area contributed by atoms with E-state index in [-0.39, 0.29) is 12.5 Å². The highest BCUT2D eigenvalue weighted by Crippen LogP contribution is 2.23. The molecule has 1 saturated heterocycles. The number of carboxylic acid groups (broad SMARTS) is 1. The van der Waals surface area contributed by atoms with Crippen LogP contribution in [-0.2, 0) is 16.1 Å². The van der Waals surface area contributed by atoms with Crippen molar-refractivity contribution in [3.8, 4) is 23.7 Å². The Labute approximate surface area is 249 Å². The van der Waals surface area contributed by atoms with Crippen molar-refractivity contribution in [1.82, 2.24) is 14.7 Å². The number of hydrogen-bond acceptors (Lipinski definition) is 8. The molecule has 3 rings (SSSR count). The first kappa shape index (κ1) is 32.6. The van der Waals surface area contributed by atoms with E-state index < -0.39 is 35.1 Å². The average molecular weight is 595 g/mol. The number of aliphatic carboxylic acids is 1. The van der Waals surface area contributed by atoms with Crippen LogP contribution in [0.3, 0.4) is 0 Å². The van der Waals surface area contributed by atoms with E-state index in [0.717, 1.165) is 15.7 Å².